The van der Waals surface area contributed by atoms with E-state index >= 15 is 0 Å². The van der Waals surface area contributed by atoms with Gasteiger partial charge in [0.25, 0.3) is 0 Å². The summed E-state index contributed by atoms with van der Waals surface area (Å²) in [6.45, 7) is 11.5. The summed E-state index contributed by atoms with van der Waals surface area (Å²) in [5.74, 6) is 1.79. The Morgan fingerprint density at radius 2 is 2.05 bits per heavy atom. The van der Waals surface area contributed by atoms with Crippen LogP contribution in [0.1, 0.15) is 72.3 Å². The van der Waals surface area contributed by atoms with E-state index in [-0.39, 0.29) is 62.3 Å². The number of oxime groups is 1. The van der Waals surface area contributed by atoms with Crippen molar-refractivity contribution in [3.05, 3.63) is 67.1 Å². The van der Waals surface area contributed by atoms with Gasteiger partial charge in [-0.05, 0) is 61.0 Å². The van der Waals surface area contributed by atoms with Crippen molar-refractivity contribution < 1.29 is 47.4 Å². The zero-order chi connectivity index (χ0) is 25.0. The molecule has 5 rings (SSSR count). The molecular formula is C32H43NO3Y-2. The Hall–Kier alpha value is -1.10. The van der Waals surface area contributed by atoms with Gasteiger partial charge in [-0.2, -0.15) is 30.3 Å². The number of hydrogen-bond donors (Lipinski definition) is 1. The predicted molar refractivity (Wildman–Crippen MR) is 145 cm³/mol. The van der Waals surface area contributed by atoms with Crippen molar-refractivity contribution >= 4 is 11.5 Å². The fourth-order valence-electron chi connectivity index (χ4n) is 8.61. The molecule has 199 valence electrons. The Morgan fingerprint density at radius 1 is 1.30 bits per heavy atom. The monoisotopic (exact) mass is 578 g/mol. The number of Topliss-reactive ketones (excluding diaryl/α,β-unsaturated/α-hetero) is 1. The van der Waals surface area contributed by atoms with E-state index in [1.54, 1.807) is 0 Å². The third-order valence-corrected chi connectivity index (χ3v) is 10.8. The van der Waals surface area contributed by atoms with E-state index in [2.05, 4.69) is 57.1 Å². The molecule has 4 aliphatic rings. The Bertz CT molecular complexity index is 1080. The van der Waals surface area contributed by atoms with Gasteiger partial charge in [0, 0.05) is 55.9 Å². The largest absolute Gasteiger partial charge is 0.403 e. The summed E-state index contributed by atoms with van der Waals surface area (Å²) < 4.78 is 0. The number of aliphatic hydroxyl groups is 1. The van der Waals surface area contributed by atoms with Crippen molar-refractivity contribution in [3.8, 4) is 0 Å². The number of carbonyl (C=O) groups excluding carboxylic acids is 1. The van der Waals surface area contributed by atoms with Crippen molar-refractivity contribution in [1.29, 1.82) is 0 Å². The van der Waals surface area contributed by atoms with Crippen molar-refractivity contribution in [2.75, 3.05) is 0 Å². The molecule has 0 bridgehead atoms. The van der Waals surface area contributed by atoms with Gasteiger partial charge >= 0.3 is 0 Å². The Morgan fingerprint density at radius 3 is 2.73 bits per heavy atom. The second kappa shape index (κ2) is 11.2. The molecule has 5 heteroatoms. The molecule has 4 aliphatic carbocycles. The summed E-state index contributed by atoms with van der Waals surface area (Å²) >= 11 is 0. The van der Waals surface area contributed by atoms with Gasteiger partial charge in [0.05, 0.1) is 12.7 Å². The van der Waals surface area contributed by atoms with Gasteiger partial charge in [0.2, 0.25) is 0 Å². The number of benzene rings is 1. The van der Waals surface area contributed by atoms with Crippen LogP contribution in [0, 0.1) is 53.4 Å². The number of hydrogen-bond acceptors (Lipinski definition) is 4. The molecule has 1 radical (unpaired) electrons. The van der Waals surface area contributed by atoms with Gasteiger partial charge in [0.15, 0.2) is 0 Å². The van der Waals surface area contributed by atoms with E-state index in [0.29, 0.717) is 43.0 Å². The first kappa shape index (κ1) is 30.4. The number of aliphatic hydroxyl groups excluding tert-OH is 1. The molecule has 0 aromatic heterocycles. The number of ketones is 1. The van der Waals surface area contributed by atoms with Crippen molar-refractivity contribution in [2.45, 2.75) is 79.4 Å². The molecule has 4 nitrogen and oxygen atoms in total. The SMILES string of the molecule is CCC(=O)[C@@]1(C)[C@H](C)C[C@H]2[C@@H]3CCC4=C/C(=N/OCc5c[c-]ccc5)C=C[C@]4(C)[C@H]3[C@@H](O)C[C@@]21C.[CH3-].[Y]. The second-order valence-electron chi connectivity index (χ2n) is 12.1. The van der Waals surface area contributed by atoms with Gasteiger partial charge in [-0.1, -0.05) is 51.4 Å². The maximum absolute atomic E-state index is 13.2. The maximum atomic E-state index is 13.2. The standard InChI is InChI=1S/C31H40NO3.CH3.Y/c1-6-27(34)31(5)20(2)16-25-24-13-12-22-17-23(32-35-19-21-10-8-7-9-11-21)14-15-29(22,3)28(24)26(33)18-30(25,31)4;;/h7-8,10-11,14-15,17,20,24-26,28,33H,6,12-13,16,18-19H2,1-5H3;1H3;/q2*-1;/b32-23+;;/t20-,24+,25+,26+,28-,29+,30+,31-;;/m1../s1. The summed E-state index contributed by atoms with van der Waals surface area (Å²) in [6, 6.07) is 10.8. The number of fused-ring (bicyclic) bond motifs is 5. The summed E-state index contributed by atoms with van der Waals surface area (Å²) in [7, 11) is 0. The molecule has 1 aromatic carbocycles. The van der Waals surface area contributed by atoms with Gasteiger partial charge in [-0.3, -0.25) is 4.79 Å². The second-order valence-corrected chi connectivity index (χ2v) is 12.1. The van der Waals surface area contributed by atoms with Crippen LogP contribution < -0.4 is 0 Å². The predicted octanol–water partition coefficient (Wildman–Crippen LogP) is 6.75. The van der Waals surface area contributed by atoms with Crippen molar-refractivity contribution in [1.82, 2.24) is 0 Å². The molecule has 3 saturated carbocycles. The topological polar surface area (TPSA) is 58.9 Å². The van der Waals surface area contributed by atoms with E-state index in [1.807, 2.05) is 31.2 Å². The molecular weight excluding hydrogens is 535 g/mol. The first-order chi connectivity index (χ1) is 16.6. The van der Waals surface area contributed by atoms with Crippen LogP contribution in [0.3, 0.4) is 0 Å². The molecule has 8 atom stereocenters. The van der Waals surface area contributed by atoms with Crippen molar-refractivity contribution in [3.63, 3.8) is 0 Å². The van der Waals surface area contributed by atoms with Gasteiger partial charge in [-0.25, -0.2) is 0 Å². The van der Waals surface area contributed by atoms with Crippen LogP contribution in [0.4, 0.5) is 0 Å². The minimum absolute atomic E-state index is 0. The molecule has 1 N–H and O–H groups in total. The normalized spacial score (nSPS) is 40.9. The minimum atomic E-state index is -0.419. The van der Waals surface area contributed by atoms with Crippen LogP contribution >= 0.6 is 0 Å². The number of rotatable bonds is 5. The van der Waals surface area contributed by atoms with E-state index in [4.69, 9.17) is 4.84 Å². The molecule has 0 heterocycles. The zero-order valence-corrected chi connectivity index (χ0v) is 26.3. The molecule has 0 spiro atoms. The van der Waals surface area contributed by atoms with Gasteiger partial charge in [0.1, 0.15) is 11.5 Å². The Labute approximate surface area is 249 Å². The van der Waals surface area contributed by atoms with Gasteiger partial charge < -0.3 is 17.4 Å². The summed E-state index contributed by atoms with van der Waals surface area (Å²) in [4.78, 5) is 18.9. The Kier molecular flexibility index (Phi) is 9.20. The van der Waals surface area contributed by atoms with E-state index in [0.717, 1.165) is 30.5 Å². The number of nitrogens with zero attached hydrogens (tertiary/aromatic N) is 1. The maximum Gasteiger partial charge on any atom is 0.139 e. The minimum Gasteiger partial charge on any atom is -0.403 e. The molecule has 1 aromatic rings. The van der Waals surface area contributed by atoms with E-state index < -0.39 is 6.10 Å². The Balaban J connectivity index is 0.00000190. The summed E-state index contributed by atoms with van der Waals surface area (Å²) in [6.07, 6.45) is 10.5. The molecule has 0 unspecified atom stereocenters. The molecule has 0 aliphatic heterocycles. The number of carbonyl (C=O) groups is 1. The van der Waals surface area contributed by atoms with E-state index in [1.165, 1.54) is 5.57 Å². The third kappa shape index (κ3) is 4.68. The van der Waals surface area contributed by atoms with Crippen LogP contribution in [-0.2, 0) is 48.9 Å². The third-order valence-electron chi connectivity index (χ3n) is 10.8. The molecule has 0 saturated heterocycles. The first-order valence-electron chi connectivity index (χ1n) is 13.4. The number of allylic oxidation sites excluding steroid dienone is 4. The van der Waals surface area contributed by atoms with Crippen molar-refractivity contribution in [2.24, 2.45) is 45.1 Å². The fraction of sp³-hybridized carbons (Fsp3) is 0.594. The zero-order valence-electron chi connectivity index (χ0n) is 23.5. The molecule has 37 heavy (non-hydrogen) atoms. The molecule has 0 amide bonds. The molecule has 3 fully saturated rings. The summed E-state index contributed by atoms with van der Waals surface area (Å²) in [5.41, 5.74) is 2.53. The van der Waals surface area contributed by atoms with Crippen LogP contribution in [0.5, 0.6) is 0 Å². The quantitative estimate of drug-likeness (QED) is 0.311. The smallest absolute Gasteiger partial charge is 0.139 e. The first-order valence-corrected chi connectivity index (χ1v) is 13.4. The fourth-order valence-corrected chi connectivity index (χ4v) is 8.61. The average Bonchev–Trinajstić information content (AvgIpc) is 3.05. The van der Waals surface area contributed by atoms with Gasteiger partial charge in [-0.15, -0.1) is 5.56 Å². The summed E-state index contributed by atoms with van der Waals surface area (Å²) in [5, 5.41) is 16.1. The average molecular weight is 579 g/mol. The van der Waals surface area contributed by atoms with Crippen LogP contribution in [-0.4, -0.2) is 22.7 Å². The van der Waals surface area contributed by atoms with Crippen LogP contribution in [0.25, 0.3) is 0 Å². The van der Waals surface area contributed by atoms with E-state index in [9.17, 15) is 9.90 Å². The van der Waals surface area contributed by atoms with Crippen LogP contribution in [0.15, 0.2) is 53.2 Å². The van der Waals surface area contributed by atoms with Crippen LogP contribution in [0.2, 0.25) is 0 Å².